The molecule has 94 valence electrons. The Morgan fingerprint density at radius 2 is 1.88 bits per heavy atom. The van der Waals surface area contributed by atoms with Gasteiger partial charge in [0.15, 0.2) is 0 Å². The lowest BCUT2D eigenvalue weighted by molar-refractivity contribution is 0.104. The van der Waals surface area contributed by atoms with Crippen LogP contribution in [0.5, 0.6) is 0 Å². The zero-order valence-electron chi connectivity index (χ0n) is 10.9. The zero-order chi connectivity index (χ0) is 11.6. The molecule has 16 heavy (non-hydrogen) atoms. The van der Waals surface area contributed by atoms with Crippen molar-refractivity contribution in [3.63, 3.8) is 0 Å². The smallest absolute Gasteiger partial charge is 0.0483 e. The first-order valence-electron chi connectivity index (χ1n) is 6.98. The van der Waals surface area contributed by atoms with Crippen LogP contribution in [0.3, 0.4) is 0 Å². The van der Waals surface area contributed by atoms with Gasteiger partial charge in [-0.3, -0.25) is 0 Å². The van der Waals surface area contributed by atoms with E-state index >= 15 is 0 Å². The Morgan fingerprint density at radius 3 is 2.62 bits per heavy atom. The highest BCUT2D eigenvalue weighted by molar-refractivity contribution is 4.95. The maximum atomic E-state index is 6.66. The van der Waals surface area contributed by atoms with E-state index < -0.39 is 0 Å². The van der Waals surface area contributed by atoms with E-state index in [4.69, 9.17) is 10.5 Å². The molecule has 1 aliphatic carbocycles. The van der Waals surface area contributed by atoms with E-state index in [9.17, 15) is 0 Å². The van der Waals surface area contributed by atoms with E-state index in [2.05, 4.69) is 13.8 Å². The van der Waals surface area contributed by atoms with Crippen molar-refractivity contribution in [2.75, 3.05) is 13.2 Å². The van der Waals surface area contributed by atoms with Crippen molar-refractivity contribution in [3.05, 3.63) is 0 Å². The molecule has 2 aliphatic rings. The SMILES string of the molecule is CC1CCC(C2(N)CCCOCC2)CC1C. The minimum Gasteiger partial charge on any atom is -0.381 e. The highest BCUT2D eigenvalue weighted by Gasteiger charge is 2.38. The van der Waals surface area contributed by atoms with E-state index in [1.54, 1.807) is 0 Å². The molecule has 0 aromatic rings. The molecule has 4 atom stereocenters. The van der Waals surface area contributed by atoms with E-state index in [0.29, 0.717) is 0 Å². The second-order valence-electron chi connectivity index (χ2n) is 6.16. The summed E-state index contributed by atoms with van der Waals surface area (Å²) in [6.45, 7) is 6.57. The fourth-order valence-electron chi connectivity index (χ4n) is 3.47. The fourth-order valence-corrected chi connectivity index (χ4v) is 3.47. The maximum Gasteiger partial charge on any atom is 0.0483 e. The molecule has 0 bridgehead atoms. The van der Waals surface area contributed by atoms with Gasteiger partial charge in [0.1, 0.15) is 0 Å². The quantitative estimate of drug-likeness (QED) is 0.744. The molecule has 2 heteroatoms. The molecule has 1 saturated heterocycles. The molecule has 2 nitrogen and oxygen atoms in total. The summed E-state index contributed by atoms with van der Waals surface area (Å²) in [5.74, 6) is 2.48. The molecular weight excluding hydrogens is 198 g/mol. The average molecular weight is 225 g/mol. The Balaban J connectivity index is 1.99. The van der Waals surface area contributed by atoms with Crippen molar-refractivity contribution in [1.29, 1.82) is 0 Å². The second-order valence-corrected chi connectivity index (χ2v) is 6.16. The van der Waals surface area contributed by atoms with Gasteiger partial charge in [-0.1, -0.05) is 20.3 Å². The minimum atomic E-state index is 0.0743. The molecule has 4 unspecified atom stereocenters. The number of rotatable bonds is 1. The van der Waals surface area contributed by atoms with Crippen molar-refractivity contribution >= 4 is 0 Å². The van der Waals surface area contributed by atoms with Gasteiger partial charge in [-0.05, 0) is 49.9 Å². The van der Waals surface area contributed by atoms with E-state index in [0.717, 1.165) is 43.8 Å². The van der Waals surface area contributed by atoms with Crippen LogP contribution in [0.25, 0.3) is 0 Å². The lowest BCUT2D eigenvalue weighted by Crippen LogP contribution is -2.49. The first-order valence-corrected chi connectivity index (χ1v) is 6.98. The van der Waals surface area contributed by atoms with Gasteiger partial charge in [-0.15, -0.1) is 0 Å². The predicted octanol–water partition coefficient (Wildman–Crippen LogP) is 2.96. The monoisotopic (exact) mass is 225 g/mol. The summed E-state index contributed by atoms with van der Waals surface area (Å²) in [6.07, 6.45) is 7.42. The Kier molecular flexibility index (Phi) is 3.91. The standard InChI is InChI=1S/C14H27NO/c1-11-4-5-13(10-12(11)2)14(15)6-3-8-16-9-7-14/h11-13H,3-10,15H2,1-2H3. The van der Waals surface area contributed by atoms with Crippen LogP contribution >= 0.6 is 0 Å². The molecule has 0 aromatic heterocycles. The molecule has 0 amide bonds. The van der Waals surface area contributed by atoms with Gasteiger partial charge < -0.3 is 10.5 Å². The summed E-state index contributed by atoms with van der Waals surface area (Å²) in [7, 11) is 0. The number of hydrogen-bond acceptors (Lipinski definition) is 2. The summed E-state index contributed by atoms with van der Waals surface area (Å²) in [6, 6.07) is 0. The summed E-state index contributed by atoms with van der Waals surface area (Å²) >= 11 is 0. The lowest BCUT2D eigenvalue weighted by atomic mass is 9.66. The molecule has 2 fully saturated rings. The maximum absolute atomic E-state index is 6.66. The van der Waals surface area contributed by atoms with Gasteiger partial charge in [0.2, 0.25) is 0 Å². The van der Waals surface area contributed by atoms with Gasteiger partial charge in [0.25, 0.3) is 0 Å². The summed E-state index contributed by atoms with van der Waals surface area (Å²) in [5.41, 5.74) is 6.74. The topological polar surface area (TPSA) is 35.2 Å². The highest BCUT2D eigenvalue weighted by atomic mass is 16.5. The van der Waals surface area contributed by atoms with E-state index in [1.165, 1.54) is 25.7 Å². The molecular formula is C14H27NO. The molecule has 2 N–H and O–H groups in total. The third-order valence-corrected chi connectivity index (χ3v) is 5.05. The minimum absolute atomic E-state index is 0.0743. The Hall–Kier alpha value is -0.0800. The lowest BCUT2D eigenvalue weighted by Gasteiger charge is -2.43. The normalized spacial score (nSPS) is 46.3. The number of hydrogen-bond donors (Lipinski definition) is 1. The fraction of sp³-hybridized carbons (Fsp3) is 1.00. The Labute approximate surface area is 99.9 Å². The average Bonchev–Trinajstić information content (AvgIpc) is 2.48. The van der Waals surface area contributed by atoms with E-state index in [-0.39, 0.29) is 5.54 Å². The van der Waals surface area contributed by atoms with Crippen LogP contribution in [0.4, 0.5) is 0 Å². The van der Waals surface area contributed by atoms with Crippen molar-refractivity contribution in [3.8, 4) is 0 Å². The molecule has 0 radical (unpaired) electrons. The second kappa shape index (κ2) is 5.05. The predicted molar refractivity (Wildman–Crippen MR) is 67.3 cm³/mol. The summed E-state index contributed by atoms with van der Waals surface area (Å²) in [4.78, 5) is 0. The van der Waals surface area contributed by atoms with Crippen molar-refractivity contribution < 1.29 is 4.74 Å². The third kappa shape index (κ3) is 2.60. The van der Waals surface area contributed by atoms with Gasteiger partial charge in [0.05, 0.1) is 0 Å². The number of nitrogens with two attached hydrogens (primary N) is 1. The van der Waals surface area contributed by atoms with Crippen LogP contribution in [0.2, 0.25) is 0 Å². The van der Waals surface area contributed by atoms with E-state index in [1.807, 2.05) is 0 Å². The van der Waals surface area contributed by atoms with Gasteiger partial charge >= 0.3 is 0 Å². The molecule has 1 heterocycles. The van der Waals surface area contributed by atoms with Crippen molar-refractivity contribution in [1.82, 2.24) is 0 Å². The van der Waals surface area contributed by atoms with Crippen LogP contribution < -0.4 is 5.73 Å². The first kappa shape index (κ1) is 12.4. The van der Waals surface area contributed by atoms with Crippen molar-refractivity contribution in [2.45, 2.75) is 57.9 Å². The van der Waals surface area contributed by atoms with Crippen LogP contribution in [-0.2, 0) is 4.74 Å². The summed E-state index contributed by atoms with van der Waals surface area (Å²) < 4.78 is 5.55. The van der Waals surface area contributed by atoms with Crippen LogP contribution in [0.1, 0.15) is 52.4 Å². The molecule has 0 aromatic carbocycles. The van der Waals surface area contributed by atoms with Crippen LogP contribution in [-0.4, -0.2) is 18.8 Å². The summed E-state index contributed by atoms with van der Waals surface area (Å²) in [5, 5.41) is 0. The van der Waals surface area contributed by atoms with Crippen LogP contribution in [0.15, 0.2) is 0 Å². The molecule has 1 saturated carbocycles. The van der Waals surface area contributed by atoms with Crippen LogP contribution in [0, 0.1) is 17.8 Å². The first-order chi connectivity index (χ1) is 7.62. The molecule has 0 spiro atoms. The molecule has 2 rings (SSSR count). The molecule has 1 aliphatic heterocycles. The Morgan fingerprint density at radius 1 is 1.06 bits per heavy atom. The van der Waals surface area contributed by atoms with Crippen molar-refractivity contribution in [2.24, 2.45) is 23.5 Å². The largest absolute Gasteiger partial charge is 0.381 e. The number of ether oxygens (including phenoxy) is 1. The Bertz CT molecular complexity index is 221. The zero-order valence-corrected chi connectivity index (χ0v) is 10.9. The highest BCUT2D eigenvalue weighted by Crippen LogP contribution is 2.41. The van der Waals surface area contributed by atoms with Gasteiger partial charge in [-0.2, -0.15) is 0 Å². The third-order valence-electron chi connectivity index (χ3n) is 5.05. The van der Waals surface area contributed by atoms with Gasteiger partial charge in [-0.25, -0.2) is 0 Å². The van der Waals surface area contributed by atoms with Gasteiger partial charge in [0, 0.05) is 18.8 Å².